The van der Waals surface area contributed by atoms with Gasteiger partial charge in [-0.1, -0.05) is 37.1 Å². The van der Waals surface area contributed by atoms with Crippen LogP contribution in [0.25, 0.3) is 6.08 Å². The summed E-state index contributed by atoms with van der Waals surface area (Å²) in [5, 5.41) is 3.47. The molecule has 2 heteroatoms. The van der Waals surface area contributed by atoms with Gasteiger partial charge < -0.3 is 5.32 Å². The SMILES string of the molecule is Cc1ccc(F)c(/C=C(\CNC(C)(C)C)C(C)C)c1. The number of halogens is 1. The third kappa shape index (κ3) is 5.56. The Bertz CT molecular complexity index is 453. The average molecular weight is 263 g/mol. The van der Waals surface area contributed by atoms with E-state index in [2.05, 4.69) is 39.9 Å². The first-order valence-electron chi connectivity index (χ1n) is 6.90. The normalized spacial score (nSPS) is 13.2. The number of benzene rings is 1. The minimum absolute atomic E-state index is 0.0686. The Morgan fingerprint density at radius 2 is 1.95 bits per heavy atom. The maximum atomic E-state index is 13.8. The number of hydrogen-bond donors (Lipinski definition) is 1. The molecule has 1 N–H and O–H groups in total. The van der Waals surface area contributed by atoms with Crippen LogP contribution in [-0.2, 0) is 0 Å². The molecule has 19 heavy (non-hydrogen) atoms. The van der Waals surface area contributed by atoms with E-state index in [1.165, 1.54) is 11.6 Å². The molecule has 0 spiro atoms. The Kier molecular flexibility index (Phi) is 5.30. The fraction of sp³-hybridized carbons (Fsp3) is 0.529. The average Bonchev–Trinajstić information content (AvgIpc) is 2.27. The molecule has 1 aromatic carbocycles. The van der Waals surface area contributed by atoms with E-state index >= 15 is 0 Å². The Labute approximate surface area is 116 Å². The van der Waals surface area contributed by atoms with E-state index < -0.39 is 0 Å². The highest BCUT2D eigenvalue weighted by Crippen LogP contribution is 2.18. The quantitative estimate of drug-likeness (QED) is 0.839. The predicted octanol–water partition coefficient (Wildman–Crippen LogP) is 4.56. The van der Waals surface area contributed by atoms with Crippen LogP contribution in [0.5, 0.6) is 0 Å². The van der Waals surface area contributed by atoms with Gasteiger partial charge in [0.15, 0.2) is 0 Å². The topological polar surface area (TPSA) is 12.0 Å². The van der Waals surface area contributed by atoms with Crippen LogP contribution in [0, 0.1) is 18.7 Å². The lowest BCUT2D eigenvalue weighted by atomic mass is 9.98. The summed E-state index contributed by atoms with van der Waals surface area (Å²) in [5.41, 5.74) is 3.05. The van der Waals surface area contributed by atoms with Crippen molar-refractivity contribution in [3.05, 3.63) is 40.7 Å². The predicted molar refractivity (Wildman–Crippen MR) is 81.7 cm³/mol. The molecule has 0 aromatic heterocycles. The molecular formula is C17H26FN. The standard InChI is InChI=1S/C17H26FN/c1-12(2)15(11-19-17(4,5)6)10-14-9-13(3)7-8-16(14)18/h7-10,12,19H,11H2,1-6H3/b15-10+. The second-order valence-corrected chi connectivity index (χ2v) is 6.50. The van der Waals surface area contributed by atoms with E-state index in [9.17, 15) is 4.39 Å². The summed E-state index contributed by atoms with van der Waals surface area (Å²) in [6, 6.07) is 5.24. The molecule has 0 radical (unpaired) electrons. The molecule has 0 aliphatic rings. The van der Waals surface area contributed by atoms with E-state index in [0.29, 0.717) is 11.5 Å². The first kappa shape index (κ1) is 15.9. The molecule has 0 saturated carbocycles. The highest BCUT2D eigenvalue weighted by molar-refractivity contribution is 5.55. The molecule has 0 bridgehead atoms. The lowest BCUT2D eigenvalue weighted by Gasteiger charge is -2.23. The highest BCUT2D eigenvalue weighted by Gasteiger charge is 2.12. The van der Waals surface area contributed by atoms with Crippen LogP contribution in [0.1, 0.15) is 45.7 Å². The molecule has 1 aromatic rings. The van der Waals surface area contributed by atoms with Crippen molar-refractivity contribution in [2.24, 2.45) is 5.92 Å². The summed E-state index contributed by atoms with van der Waals surface area (Å²) in [7, 11) is 0. The van der Waals surface area contributed by atoms with Crippen molar-refractivity contribution in [1.29, 1.82) is 0 Å². The molecular weight excluding hydrogens is 237 g/mol. The van der Waals surface area contributed by atoms with E-state index in [4.69, 9.17) is 0 Å². The third-order valence-corrected chi connectivity index (χ3v) is 3.06. The molecule has 0 atom stereocenters. The molecule has 106 valence electrons. The summed E-state index contributed by atoms with van der Waals surface area (Å²) in [6.07, 6.45) is 1.98. The Hall–Kier alpha value is -1.15. The molecule has 0 amide bonds. The third-order valence-electron chi connectivity index (χ3n) is 3.06. The summed E-state index contributed by atoms with van der Waals surface area (Å²) >= 11 is 0. The van der Waals surface area contributed by atoms with Crippen LogP contribution in [0.2, 0.25) is 0 Å². The number of aryl methyl sites for hydroxylation is 1. The number of nitrogens with one attached hydrogen (secondary N) is 1. The van der Waals surface area contributed by atoms with E-state index in [0.717, 1.165) is 12.1 Å². The van der Waals surface area contributed by atoms with E-state index in [-0.39, 0.29) is 11.4 Å². The smallest absolute Gasteiger partial charge is 0.130 e. The van der Waals surface area contributed by atoms with Gasteiger partial charge in [-0.2, -0.15) is 0 Å². The summed E-state index contributed by atoms with van der Waals surface area (Å²) in [6.45, 7) is 13.5. The van der Waals surface area contributed by atoms with Crippen LogP contribution in [0.15, 0.2) is 23.8 Å². The molecule has 0 unspecified atom stereocenters. The molecule has 0 aliphatic carbocycles. The van der Waals surface area contributed by atoms with Gasteiger partial charge in [0.05, 0.1) is 0 Å². The maximum Gasteiger partial charge on any atom is 0.130 e. The second-order valence-electron chi connectivity index (χ2n) is 6.50. The maximum absolute atomic E-state index is 13.8. The zero-order valence-electron chi connectivity index (χ0n) is 13.0. The van der Waals surface area contributed by atoms with Gasteiger partial charge in [0, 0.05) is 17.6 Å². The van der Waals surface area contributed by atoms with Crippen molar-refractivity contribution >= 4 is 6.08 Å². The van der Waals surface area contributed by atoms with Crippen LogP contribution < -0.4 is 5.32 Å². The minimum Gasteiger partial charge on any atom is -0.308 e. The molecule has 0 fully saturated rings. The first-order valence-corrected chi connectivity index (χ1v) is 6.90. The lowest BCUT2D eigenvalue weighted by molar-refractivity contribution is 0.437. The number of rotatable bonds is 4. The van der Waals surface area contributed by atoms with Crippen LogP contribution in [0.4, 0.5) is 4.39 Å². The zero-order chi connectivity index (χ0) is 14.6. The molecule has 0 heterocycles. The minimum atomic E-state index is -0.153. The van der Waals surface area contributed by atoms with Gasteiger partial charge in [0.25, 0.3) is 0 Å². The van der Waals surface area contributed by atoms with Gasteiger partial charge in [-0.15, -0.1) is 0 Å². The van der Waals surface area contributed by atoms with Crippen molar-refractivity contribution in [1.82, 2.24) is 5.32 Å². The van der Waals surface area contributed by atoms with Gasteiger partial charge in [-0.3, -0.25) is 0 Å². The van der Waals surface area contributed by atoms with E-state index in [1.54, 1.807) is 6.07 Å². The van der Waals surface area contributed by atoms with Crippen molar-refractivity contribution in [2.75, 3.05) is 6.54 Å². The number of hydrogen-bond acceptors (Lipinski definition) is 1. The van der Waals surface area contributed by atoms with Crippen molar-refractivity contribution < 1.29 is 4.39 Å². The summed E-state index contributed by atoms with van der Waals surface area (Å²) in [4.78, 5) is 0. The summed E-state index contributed by atoms with van der Waals surface area (Å²) < 4.78 is 13.8. The van der Waals surface area contributed by atoms with Crippen molar-refractivity contribution in [2.45, 2.75) is 47.1 Å². The van der Waals surface area contributed by atoms with Gasteiger partial charge in [0.1, 0.15) is 5.82 Å². The Morgan fingerprint density at radius 3 is 2.47 bits per heavy atom. The van der Waals surface area contributed by atoms with E-state index in [1.807, 2.05) is 19.1 Å². The first-order chi connectivity index (χ1) is 8.69. The highest BCUT2D eigenvalue weighted by atomic mass is 19.1. The monoisotopic (exact) mass is 263 g/mol. The van der Waals surface area contributed by atoms with Crippen molar-refractivity contribution in [3.8, 4) is 0 Å². The summed E-state index contributed by atoms with van der Waals surface area (Å²) in [5.74, 6) is 0.245. The Balaban J connectivity index is 2.98. The van der Waals surface area contributed by atoms with Gasteiger partial charge in [0.2, 0.25) is 0 Å². The van der Waals surface area contributed by atoms with Crippen LogP contribution in [-0.4, -0.2) is 12.1 Å². The fourth-order valence-electron chi connectivity index (χ4n) is 1.76. The molecule has 1 nitrogen and oxygen atoms in total. The molecule has 0 saturated heterocycles. The van der Waals surface area contributed by atoms with Crippen LogP contribution >= 0.6 is 0 Å². The molecule has 1 rings (SSSR count). The lowest BCUT2D eigenvalue weighted by Crippen LogP contribution is -2.37. The molecule has 0 aliphatic heterocycles. The second kappa shape index (κ2) is 6.33. The Morgan fingerprint density at radius 1 is 1.32 bits per heavy atom. The van der Waals surface area contributed by atoms with Crippen molar-refractivity contribution in [3.63, 3.8) is 0 Å². The fourth-order valence-corrected chi connectivity index (χ4v) is 1.76. The van der Waals surface area contributed by atoms with Gasteiger partial charge in [-0.05, 0) is 45.7 Å². The van der Waals surface area contributed by atoms with Crippen LogP contribution in [0.3, 0.4) is 0 Å². The van der Waals surface area contributed by atoms with Gasteiger partial charge >= 0.3 is 0 Å². The van der Waals surface area contributed by atoms with Gasteiger partial charge in [-0.25, -0.2) is 4.39 Å². The zero-order valence-corrected chi connectivity index (χ0v) is 13.0. The largest absolute Gasteiger partial charge is 0.308 e.